The van der Waals surface area contributed by atoms with E-state index in [2.05, 4.69) is 20.8 Å². The smallest absolute Gasteiger partial charge is 0.117 e. The molecule has 3 nitrogen and oxygen atoms in total. The fraction of sp³-hybridized carbons (Fsp3) is 0.917. The molecule has 2 aliphatic rings. The molecule has 2 fully saturated rings. The largest absolute Gasteiger partial charge is 0.386 e. The lowest BCUT2D eigenvalue weighted by atomic mass is 9.70. The minimum atomic E-state index is 0.138. The highest BCUT2D eigenvalue weighted by Crippen LogP contribution is 2.66. The Morgan fingerprint density at radius 3 is 2.53 bits per heavy atom. The van der Waals surface area contributed by atoms with Crippen molar-refractivity contribution in [3.63, 3.8) is 0 Å². The van der Waals surface area contributed by atoms with Gasteiger partial charge in [0, 0.05) is 0 Å². The number of fused-ring (bicyclic) bond motifs is 2. The fourth-order valence-electron chi connectivity index (χ4n) is 3.57. The highest BCUT2D eigenvalue weighted by Gasteiger charge is 2.61. The summed E-state index contributed by atoms with van der Waals surface area (Å²) >= 11 is 0. The standard InChI is InChI=1S/C12H22N2O/c1-11(2)8-4-5-12(11,3)9(6-8)15-7-10(13)14/h8-9H,4-7H2,1-3H3,(H3,13,14). The van der Waals surface area contributed by atoms with Crippen molar-refractivity contribution < 1.29 is 4.74 Å². The Morgan fingerprint density at radius 1 is 1.47 bits per heavy atom. The van der Waals surface area contributed by atoms with E-state index in [9.17, 15) is 0 Å². The molecule has 0 saturated heterocycles. The van der Waals surface area contributed by atoms with Crippen LogP contribution in [-0.4, -0.2) is 18.5 Å². The molecule has 2 aliphatic carbocycles. The van der Waals surface area contributed by atoms with Gasteiger partial charge in [-0.05, 0) is 36.0 Å². The first kappa shape index (κ1) is 10.9. The maximum atomic E-state index is 7.21. The summed E-state index contributed by atoms with van der Waals surface area (Å²) in [6.45, 7) is 7.36. The summed E-state index contributed by atoms with van der Waals surface area (Å²) in [6.07, 6.45) is 4.04. The molecule has 0 aromatic rings. The van der Waals surface area contributed by atoms with Gasteiger partial charge in [0.2, 0.25) is 0 Å². The predicted octanol–water partition coefficient (Wildman–Crippen LogP) is 2.15. The molecule has 0 aromatic carbocycles. The predicted molar refractivity (Wildman–Crippen MR) is 60.9 cm³/mol. The van der Waals surface area contributed by atoms with Crippen LogP contribution >= 0.6 is 0 Å². The van der Waals surface area contributed by atoms with Gasteiger partial charge in [0.15, 0.2) is 0 Å². The molecule has 3 N–H and O–H groups in total. The van der Waals surface area contributed by atoms with E-state index < -0.39 is 0 Å². The molecule has 0 heterocycles. The second-order valence-corrected chi connectivity index (χ2v) is 5.94. The second kappa shape index (κ2) is 3.21. The van der Waals surface area contributed by atoms with E-state index in [0.29, 0.717) is 18.1 Å². The summed E-state index contributed by atoms with van der Waals surface area (Å²) < 4.78 is 5.79. The molecule has 15 heavy (non-hydrogen) atoms. The van der Waals surface area contributed by atoms with E-state index in [1.165, 1.54) is 12.8 Å². The minimum absolute atomic E-state index is 0.138. The van der Waals surface area contributed by atoms with Crippen LogP contribution in [0, 0.1) is 22.2 Å². The van der Waals surface area contributed by atoms with Gasteiger partial charge >= 0.3 is 0 Å². The first-order chi connectivity index (χ1) is 6.88. The third kappa shape index (κ3) is 1.40. The van der Waals surface area contributed by atoms with Crippen molar-refractivity contribution >= 4 is 5.84 Å². The Labute approximate surface area is 91.9 Å². The maximum Gasteiger partial charge on any atom is 0.117 e. The van der Waals surface area contributed by atoms with Crippen molar-refractivity contribution in [2.24, 2.45) is 22.5 Å². The van der Waals surface area contributed by atoms with Crippen LogP contribution in [0.4, 0.5) is 0 Å². The number of nitrogens with one attached hydrogen (secondary N) is 1. The summed E-state index contributed by atoms with van der Waals surface area (Å²) in [4.78, 5) is 0. The summed E-state index contributed by atoms with van der Waals surface area (Å²) in [5.41, 5.74) is 6.01. The van der Waals surface area contributed by atoms with Gasteiger partial charge in [-0.3, -0.25) is 5.41 Å². The lowest BCUT2D eigenvalue weighted by Gasteiger charge is -2.38. The summed E-state index contributed by atoms with van der Waals surface area (Å²) in [7, 11) is 0. The van der Waals surface area contributed by atoms with Crippen LogP contribution in [0.5, 0.6) is 0 Å². The molecule has 3 heteroatoms. The van der Waals surface area contributed by atoms with Crippen LogP contribution in [0.1, 0.15) is 40.0 Å². The molecule has 0 aromatic heterocycles. The normalized spacial score (nSPS) is 42.1. The van der Waals surface area contributed by atoms with Crippen molar-refractivity contribution in [1.82, 2.24) is 0 Å². The monoisotopic (exact) mass is 210 g/mol. The second-order valence-electron chi connectivity index (χ2n) is 5.94. The number of rotatable bonds is 3. The quantitative estimate of drug-likeness (QED) is 0.554. The topological polar surface area (TPSA) is 59.1 Å². The molecule has 0 aliphatic heterocycles. The number of nitrogens with two attached hydrogens (primary N) is 1. The van der Waals surface area contributed by atoms with Gasteiger partial charge in [-0.1, -0.05) is 20.8 Å². The van der Waals surface area contributed by atoms with E-state index in [0.717, 1.165) is 12.3 Å². The van der Waals surface area contributed by atoms with Crippen molar-refractivity contribution in [2.45, 2.75) is 46.1 Å². The molecular weight excluding hydrogens is 188 g/mol. The molecule has 2 bridgehead atoms. The van der Waals surface area contributed by atoms with Crippen molar-refractivity contribution in [3.8, 4) is 0 Å². The summed E-state index contributed by atoms with van der Waals surface area (Å²) in [5, 5.41) is 7.21. The van der Waals surface area contributed by atoms with Gasteiger partial charge in [0.1, 0.15) is 12.4 Å². The van der Waals surface area contributed by atoms with Crippen LogP contribution < -0.4 is 5.73 Å². The molecule has 86 valence electrons. The van der Waals surface area contributed by atoms with Crippen LogP contribution in [0.2, 0.25) is 0 Å². The Morgan fingerprint density at radius 2 is 2.13 bits per heavy atom. The number of ether oxygens (including phenoxy) is 1. The van der Waals surface area contributed by atoms with Crippen LogP contribution in [0.15, 0.2) is 0 Å². The fourth-order valence-corrected chi connectivity index (χ4v) is 3.57. The Hall–Kier alpha value is -0.570. The maximum absolute atomic E-state index is 7.21. The molecule has 0 radical (unpaired) electrons. The van der Waals surface area contributed by atoms with Gasteiger partial charge in [0.25, 0.3) is 0 Å². The Kier molecular flexibility index (Phi) is 2.34. The lowest BCUT2D eigenvalue weighted by molar-refractivity contribution is -0.0316. The first-order valence-electron chi connectivity index (χ1n) is 5.82. The van der Waals surface area contributed by atoms with Crippen molar-refractivity contribution in [2.75, 3.05) is 6.61 Å². The Bertz CT molecular complexity index is 287. The van der Waals surface area contributed by atoms with E-state index in [1.807, 2.05) is 0 Å². The van der Waals surface area contributed by atoms with Gasteiger partial charge in [-0.2, -0.15) is 0 Å². The molecule has 3 atom stereocenters. The number of hydrogen-bond donors (Lipinski definition) is 2. The highest BCUT2D eigenvalue weighted by atomic mass is 16.5. The zero-order chi connectivity index (χ0) is 11.3. The van der Waals surface area contributed by atoms with Crippen LogP contribution in [0.3, 0.4) is 0 Å². The van der Waals surface area contributed by atoms with E-state index in [4.69, 9.17) is 15.9 Å². The van der Waals surface area contributed by atoms with E-state index in [-0.39, 0.29) is 11.3 Å². The number of amidine groups is 1. The average molecular weight is 210 g/mol. The molecular formula is C12H22N2O. The zero-order valence-corrected chi connectivity index (χ0v) is 9.97. The van der Waals surface area contributed by atoms with Gasteiger partial charge in [-0.25, -0.2) is 0 Å². The van der Waals surface area contributed by atoms with Crippen molar-refractivity contribution in [1.29, 1.82) is 5.41 Å². The summed E-state index contributed by atoms with van der Waals surface area (Å²) in [6, 6.07) is 0. The van der Waals surface area contributed by atoms with Crippen LogP contribution in [-0.2, 0) is 4.74 Å². The third-order valence-electron chi connectivity index (χ3n) is 5.15. The molecule has 2 rings (SSSR count). The average Bonchev–Trinajstić information content (AvgIpc) is 2.46. The lowest BCUT2D eigenvalue weighted by Crippen LogP contribution is -2.38. The van der Waals surface area contributed by atoms with Crippen LogP contribution in [0.25, 0.3) is 0 Å². The van der Waals surface area contributed by atoms with Gasteiger partial charge < -0.3 is 10.5 Å². The SMILES string of the molecule is CC1(C)C2CCC1(C)C(OCC(=N)N)C2. The molecule has 2 saturated carbocycles. The third-order valence-corrected chi connectivity index (χ3v) is 5.15. The number of hydrogen-bond acceptors (Lipinski definition) is 2. The zero-order valence-electron chi connectivity index (χ0n) is 9.97. The summed E-state index contributed by atoms with van der Waals surface area (Å²) in [5.74, 6) is 0.929. The molecule has 3 unspecified atom stereocenters. The van der Waals surface area contributed by atoms with E-state index in [1.54, 1.807) is 0 Å². The molecule has 0 amide bonds. The van der Waals surface area contributed by atoms with Crippen molar-refractivity contribution in [3.05, 3.63) is 0 Å². The Balaban J connectivity index is 2.09. The first-order valence-corrected chi connectivity index (χ1v) is 5.82. The molecule has 0 spiro atoms. The highest BCUT2D eigenvalue weighted by molar-refractivity contribution is 5.78. The van der Waals surface area contributed by atoms with Gasteiger partial charge in [0.05, 0.1) is 6.10 Å². The van der Waals surface area contributed by atoms with Gasteiger partial charge in [-0.15, -0.1) is 0 Å². The van der Waals surface area contributed by atoms with E-state index >= 15 is 0 Å². The minimum Gasteiger partial charge on any atom is -0.386 e.